The second kappa shape index (κ2) is 7.93. The molecule has 134 valence electrons. The van der Waals surface area contributed by atoms with Gasteiger partial charge in [0.05, 0.1) is 6.54 Å². The molecule has 0 saturated carbocycles. The van der Waals surface area contributed by atoms with Gasteiger partial charge in [-0.2, -0.15) is 0 Å². The topological polar surface area (TPSA) is 92.5 Å². The maximum Gasteiger partial charge on any atom is 0.229 e. The van der Waals surface area contributed by atoms with Gasteiger partial charge in [0.2, 0.25) is 17.7 Å². The average molecular weight is 351 g/mol. The zero-order chi connectivity index (χ0) is 18.5. The molecule has 26 heavy (non-hydrogen) atoms. The van der Waals surface area contributed by atoms with Crippen molar-refractivity contribution in [2.75, 3.05) is 5.32 Å². The zero-order valence-electron chi connectivity index (χ0n) is 14.4. The van der Waals surface area contributed by atoms with Gasteiger partial charge < -0.3 is 11.1 Å². The van der Waals surface area contributed by atoms with Gasteiger partial charge in [-0.1, -0.05) is 48.5 Å². The van der Waals surface area contributed by atoms with Crippen LogP contribution in [0.5, 0.6) is 0 Å². The number of hydrogen-bond acceptors (Lipinski definition) is 4. The summed E-state index contributed by atoms with van der Waals surface area (Å²) in [4.78, 5) is 37.3. The quantitative estimate of drug-likeness (QED) is 0.782. The van der Waals surface area contributed by atoms with Gasteiger partial charge in [0.15, 0.2) is 0 Å². The molecule has 0 aromatic heterocycles. The van der Waals surface area contributed by atoms with Crippen molar-refractivity contribution in [1.82, 2.24) is 4.90 Å². The van der Waals surface area contributed by atoms with Crippen molar-refractivity contribution < 1.29 is 14.4 Å². The lowest BCUT2D eigenvalue weighted by Gasteiger charge is -2.18. The second-order valence-corrected chi connectivity index (χ2v) is 6.30. The molecule has 3 amide bonds. The van der Waals surface area contributed by atoms with E-state index in [0.717, 1.165) is 11.1 Å². The summed E-state index contributed by atoms with van der Waals surface area (Å²) in [5.74, 6) is -0.572. The number of hydrogen-bond donors (Lipinski definition) is 2. The highest BCUT2D eigenvalue weighted by molar-refractivity contribution is 6.02. The van der Waals surface area contributed by atoms with Crippen molar-refractivity contribution in [1.29, 1.82) is 0 Å². The predicted molar refractivity (Wildman–Crippen MR) is 97.9 cm³/mol. The van der Waals surface area contributed by atoms with Gasteiger partial charge in [-0.05, 0) is 17.2 Å². The van der Waals surface area contributed by atoms with Gasteiger partial charge in [-0.3, -0.25) is 19.3 Å². The van der Waals surface area contributed by atoms with Crippen LogP contribution in [0.2, 0.25) is 0 Å². The maximum atomic E-state index is 12.4. The highest BCUT2D eigenvalue weighted by atomic mass is 16.2. The minimum absolute atomic E-state index is 0.139. The van der Waals surface area contributed by atoms with Crippen LogP contribution in [-0.4, -0.2) is 22.6 Å². The van der Waals surface area contributed by atoms with Crippen LogP contribution < -0.4 is 11.1 Å². The SMILES string of the molecule is NC(CC(=O)Nc1ccccc1CN1C(=O)CCC1=O)c1ccccc1. The molecule has 0 bridgehead atoms. The molecule has 6 nitrogen and oxygen atoms in total. The number of likely N-dealkylation sites (tertiary alicyclic amines) is 1. The van der Waals surface area contributed by atoms with Crippen LogP contribution in [0, 0.1) is 0 Å². The Morgan fingerprint density at radius 3 is 2.31 bits per heavy atom. The first-order valence-corrected chi connectivity index (χ1v) is 8.56. The standard InChI is InChI=1S/C20H21N3O3/c21-16(14-6-2-1-3-7-14)12-18(24)22-17-9-5-4-8-15(17)13-23-19(25)10-11-20(23)26/h1-9,16H,10-13,21H2,(H,22,24). The highest BCUT2D eigenvalue weighted by Gasteiger charge is 2.29. The first-order chi connectivity index (χ1) is 12.5. The molecular formula is C20H21N3O3. The van der Waals surface area contributed by atoms with Crippen LogP contribution in [-0.2, 0) is 20.9 Å². The predicted octanol–water partition coefficient (Wildman–Crippen LogP) is 2.36. The number of imide groups is 1. The minimum atomic E-state index is -0.398. The summed E-state index contributed by atoms with van der Waals surface area (Å²) in [6, 6.07) is 16.2. The number of anilines is 1. The molecule has 1 fully saturated rings. The molecule has 1 heterocycles. The molecule has 2 aromatic rings. The third-order valence-electron chi connectivity index (χ3n) is 4.41. The molecule has 3 rings (SSSR count). The van der Waals surface area contributed by atoms with Crippen molar-refractivity contribution in [3.8, 4) is 0 Å². The van der Waals surface area contributed by atoms with E-state index >= 15 is 0 Å². The zero-order valence-corrected chi connectivity index (χ0v) is 14.4. The molecule has 1 atom stereocenters. The lowest BCUT2D eigenvalue weighted by molar-refractivity contribution is -0.139. The molecule has 1 aliphatic rings. The van der Waals surface area contributed by atoms with Gasteiger partial charge >= 0.3 is 0 Å². The highest BCUT2D eigenvalue weighted by Crippen LogP contribution is 2.22. The number of benzene rings is 2. The van der Waals surface area contributed by atoms with Crippen LogP contribution in [0.4, 0.5) is 5.69 Å². The van der Waals surface area contributed by atoms with Crippen LogP contribution in [0.1, 0.15) is 36.4 Å². The number of para-hydroxylation sites is 1. The molecule has 3 N–H and O–H groups in total. The van der Waals surface area contributed by atoms with Crippen LogP contribution in [0.15, 0.2) is 54.6 Å². The van der Waals surface area contributed by atoms with Crippen LogP contribution in [0.3, 0.4) is 0 Å². The summed E-state index contributed by atoms with van der Waals surface area (Å²) in [6.45, 7) is 0.166. The monoisotopic (exact) mass is 351 g/mol. The first kappa shape index (κ1) is 17.8. The van der Waals surface area contributed by atoms with Crippen molar-refractivity contribution in [2.45, 2.75) is 31.8 Å². The normalized spacial score (nSPS) is 15.2. The smallest absolute Gasteiger partial charge is 0.229 e. The van der Waals surface area contributed by atoms with Gasteiger partial charge in [-0.25, -0.2) is 0 Å². The number of rotatable bonds is 6. The number of nitrogens with one attached hydrogen (secondary N) is 1. The molecule has 1 unspecified atom stereocenters. The largest absolute Gasteiger partial charge is 0.326 e. The van der Waals surface area contributed by atoms with Crippen molar-refractivity contribution >= 4 is 23.4 Å². The van der Waals surface area contributed by atoms with Crippen molar-refractivity contribution in [3.63, 3.8) is 0 Å². The lowest BCUT2D eigenvalue weighted by Crippen LogP contribution is -2.29. The first-order valence-electron chi connectivity index (χ1n) is 8.56. The summed E-state index contributed by atoms with van der Waals surface area (Å²) in [5, 5.41) is 2.85. The Labute approximate surface area is 152 Å². The van der Waals surface area contributed by atoms with E-state index in [2.05, 4.69) is 5.32 Å². The summed E-state index contributed by atoms with van der Waals surface area (Å²) in [5.41, 5.74) is 8.30. The third kappa shape index (κ3) is 4.15. The summed E-state index contributed by atoms with van der Waals surface area (Å²) < 4.78 is 0. The number of nitrogens with two attached hydrogens (primary N) is 1. The van der Waals surface area contributed by atoms with Crippen LogP contribution >= 0.6 is 0 Å². The third-order valence-corrected chi connectivity index (χ3v) is 4.41. The van der Waals surface area contributed by atoms with E-state index in [4.69, 9.17) is 5.73 Å². The average Bonchev–Trinajstić information content (AvgIpc) is 2.96. The fourth-order valence-corrected chi connectivity index (χ4v) is 2.97. The molecule has 2 aromatic carbocycles. The fraction of sp³-hybridized carbons (Fsp3) is 0.250. The van der Waals surface area contributed by atoms with E-state index < -0.39 is 6.04 Å². The van der Waals surface area contributed by atoms with E-state index in [1.165, 1.54) is 4.90 Å². The second-order valence-electron chi connectivity index (χ2n) is 6.30. The van der Waals surface area contributed by atoms with E-state index in [0.29, 0.717) is 5.69 Å². The van der Waals surface area contributed by atoms with E-state index in [-0.39, 0.29) is 43.5 Å². The van der Waals surface area contributed by atoms with E-state index in [9.17, 15) is 14.4 Å². The van der Waals surface area contributed by atoms with Gasteiger partial charge in [0, 0.05) is 31.0 Å². The lowest BCUT2D eigenvalue weighted by atomic mass is 10.0. The number of carbonyl (C=O) groups is 3. The fourth-order valence-electron chi connectivity index (χ4n) is 2.97. The summed E-state index contributed by atoms with van der Waals surface area (Å²) in [6.07, 6.45) is 0.637. The summed E-state index contributed by atoms with van der Waals surface area (Å²) in [7, 11) is 0. The Hall–Kier alpha value is -2.99. The Balaban J connectivity index is 1.67. The van der Waals surface area contributed by atoms with Gasteiger partial charge in [-0.15, -0.1) is 0 Å². The van der Waals surface area contributed by atoms with Crippen molar-refractivity contribution in [3.05, 3.63) is 65.7 Å². The Bertz CT molecular complexity index is 804. The van der Waals surface area contributed by atoms with E-state index in [1.54, 1.807) is 18.2 Å². The Morgan fingerprint density at radius 2 is 1.62 bits per heavy atom. The molecule has 0 spiro atoms. The minimum Gasteiger partial charge on any atom is -0.326 e. The van der Waals surface area contributed by atoms with Gasteiger partial charge in [0.1, 0.15) is 0 Å². The molecule has 6 heteroatoms. The van der Waals surface area contributed by atoms with Gasteiger partial charge in [0.25, 0.3) is 0 Å². The Morgan fingerprint density at radius 1 is 1.00 bits per heavy atom. The number of nitrogens with zero attached hydrogens (tertiary/aromatic N) is 1. The molecule has 0 radical (unpaired) electrons. The van der Waals surface area contributed by atoms with E-state index in [1.807, 2.05) is 36.4 Å². The Kier molecular flexibility index (Phi) is 5.43. The number of carbonyl (C=O) groups excluding carboxylic acids is 3. The summed E-state index contributed by atoms with van der Waals surface area (Å²) >= 11 is 0. The molecule has 1 aliphatic heterocycles. The molecular weight excluding hydrogens is 330 g/mol. The molecule has 1 saturated heterocycles. The van der Waals surface area contributed by atoms with Crippen molar-refractivity contribution in [2.24, 2.45) is 5.73 Å². The maximum absolute atomic E-state index is 12.4. The van der Waals surface area contributed by atoms with Crippen LogP contribution in [0.25, 0.3) is 0 Å². The molecule has 0 aliphatic carbocycles. The number of amides is 3.